The van der Waals surface area contributed by atoms with Gasteiger partial charge in [0.25, 0.3) is 5.91 Å². The molecular weight excluding hydrogens is 418 g/mol. The van der Waals surface area contributed by atoms with Crippen LogP contribution in [0.3, 0.4) is 0 Å². The number of likely N-dealkylation sites (N-methyl/N-ethyl adjacent to an activating group) is 1. The van der Waals surface area contributed by atoms with Gasteiger partial charge in [0.1, 0.15) is 0 Å². The summed E-state index contributed by atoms with van der Waals surface area (Å²) in [6.07, 6.45) is 0.718. The molecule has 0 unspecified atom stereocenters. The van der Waals surface area contributed by atoms with Crippen LogP contribution >= 0.6 is 0 Å². The highest BCUT2D eigenvalue weighted by Gasteiger charge is 2.47. The van der Waals surface area contributed by atoms with Crippen molar-refractivity contribution in [2.75, 3.05) is 53.5 Å². The molecule has 1 fully saturated rings. The van der Waals surface area contributed by atoms with Gasteiger partial charge in [-0.2, -0.15) is 0 Å². The second-order valence-corrected chi connectivity index (χ2v) is 8.92. The van der Waals surface area contributed by atoms with Crippen molar-refractivity contribution in [3.63, 3.8) is 0 Å². The van der Waals surface area contributed by atoms with Gasteiger partial charge in [-0.25, -0.2) is 0 Å². The molecule has 0 aliphatic carbocycles. The lowest BCUT2D eigenvalue weighted by atomic mass is 9.75. The second-order valence-electron chi connectivity index (χ2n) is 8.92. The van der Waals surface area contributed by atoms with Gasteiger partial charge in [0.05, 0.1) is 26.2 Å². The van der Waals surface area contributed by atoms with E-state index in [4.69, 9.17) is 9.47 Å². The van der Waals surface area contributed by atoms with E-state index in [1.54, 1.807) is 14.2 Å². The van der Waals surface area contributed by atoms with E-state index in [1.165, 1.54) is 0 Å². The number of fused-ring (bicyclic) bond motifs is 4. The second kappa shape index (κ2) is 8.71. The molecule has 174 valence electrons. The third kappa shape index (κ3) is 3.55. The third-order valence-corrected chi connectivity index (χ3v) is 7.42. The molecule has 3 heterocycles. The van der Waals surface area contributed by atoms with Crippen LogP contribution in [-0.2, 0) is 11.2 Å². The molecule has 1 saturated heterocycles. The number of nitrogens with zero attached hydrogens (tertiary/aromatic N) is 3. The summed E-state index contributed by atoms with van der Waals surface area (Å²) in [7, 11) is 3.24. The van der Waals surface area contributed by atoms with Crippen molar-refractivity contribution in [2.24, 2.45) is 0 Å². The molecule has 0 N–H and O–H groups in total. The number of piperazine rings is 1. The van der Waals surface area contributed by atoms with Crippen molar-refractivity contribution in [3.05, 3.63) is 58.7 Å². The van der Waals surface area contributed by atoms with Crippen LogP contribution in [0.5, 0.6) is 11.5 Å². The minimum Gasteiger partial charge on any atom is -0.493 e. The number of ether oxygens (including phenoxy) is 2. The van der Waals surface area contributed by atoms with E-state index in [0.717, 1.165) is 42.7 Å². The first kappa shape index (κ1) is 21.8. The minimum atomic E-state index is -0.441. The Labute approximate surface area is 194 Å². The van der Waals surface area contributed by atoms with Crippen LogP contribution in [0.4, 0.5) is 0 Å². The predicted molar refractivity (Wildman–Crippen MR) is 125 cm³/mol. The number of benzene rings is 2. The largest absolute Gasteiger partial charge is 0.493 e. The Bertz CT molecular complexity index is 1080. The zero-order valence-corrected chi connectivity index (χ0v) is 19.5. The molecule has 0 saturated carbocycles. The molecule has 0 bridgehead atoms. The fourth-order valence-electron chi connectivity index (χ4n) is 5.60. The molecule has 0 spiro atoms. The SMILES string of the molecule is CCN1CCN(C(=O)[C@@H]2c3ccccc3C(=O)N3CCc4cc(OC)c(OC)cc4[C@H]23)CC1. The Morgan fingerprint density at radius 3 is 2.36 bits per heavy atom. The maximum absolute atomic E-state index is 14.1. The average Bonchev–Trinajstić information content (AvgIpc) is 2.87. The van der Waals surface area contributed by atoms with E-state index < -0.39 is 5.92 Å². The van der Waals surface area contributed by atoms with Gasteiger partial charge < -0.3 is 24.2 Å². The van der Waals surface area contributed by atoms with Crippen LogP contribution in [0, 0.1) is 0 Å². The fourth-order valence-corrected chi connectivity index (χ4v) is 5.60. The summed E-state index contributed by atoms with van der Waals surface area (Å²) < 4.78 is 11.1. The van der Waals surface area contributed by atoms with Gasteiger partial charge in [0.2, 0.25) is 5.91 Å². The van der Waals surface area contributed by atoms with Crippen LogP contribution in [0.2, 0.25) is 0 Å². The van der Waals surface area contributed by atoms with E-state index in [0.29, 0.717) is 36.7 Å². The minimum absolute atomic E-state index is 0.00381. The van der Waals surface area contributed by atoms with Crippen LogP contribution in [0.15, 0.2) is 36.4 Å². The first-order valence-corrected chi connectivity index (χ1v) is 11.7. The third-order valence-electron chi connectivity index (χ3n) is 7.42. The molecule has 2 aromatic carbocycles. The Morgan fingerprint density at radius 1 is 0.970 bits per heavy atom. The Morgan fingerprint density at radius 2 is 1.67 bits per heavy atom. The molecule has 5 rings (SSSR count). The van der Waals surface area contributed by atoms with Crippen molar-refractivity contribution in [2.45, 2.75) is 25.3 Å². The quantitative estimate of drug-likeness (QED) is 0.718. The maximum atomic E-state index is 14.1. The lowest BCUT2D eigenvalue weighted by Gasteiger charge is -2.47. The van der Waals surface area contributed by atoms with Gasteiger partial charge >= 0.3 is 0 Å². The number of amides is 2. The van der Waals surface area contributed by atoms with Crippen LogP contribution < -0.4 is 9.47 Å². The summed E-state index contributed by atoms with van der Waals surface area (Å²) in [5, 5.41) is 0. The Balaban J connectivity index is 1.62. The van der Waals surface area contributed by atoms with Crippen molar-refractivity contribution in [1.29, 1.82) is 0 Å². The predicted octanol–water partition coefficient (Wildman–Crippen LogP) is 2.70. The van der Waals surface area contributed by atoms with Crippen LogP contribution in [0.1, 0.15) is 45.9 Å². The summed E-state index contributed by atoms with van der Waals surface area (Å²) in [4.78, 5) is 33.8. The molecule has 0 radical (unpaired) electrons. The maximum Gasteiger partial charge on any atom is 0.254 e. The summed E-state index contributed by atoms with van der Waals surface area (Å²) >= 11 is 0. The molecule has 2 atom stereocenters. The molecular formula is C26H31N3O4. The van der Waals surface area contributed by atoms with Gasteiger partial charge in [-0.05, 0) is 47.9 Å². The summed E-state index contributed by atoms with van der Waals surface area (Å²) in [5.74, 6) is 0.946. The molecule has 0 aromatic heterocycles. The lowest BCUT2D eigenvalue weighted by Crippen LogP contribution is -2.54. The summed E-state index contributed by atoms with van der Waals surface area (Å²) in [6.45, 7) is 6.91. The highest BCUT2D eigenvalue weighted by Crippen LogP contribution is 2.48. The molecule has 3 aliphatic rings. The van der Waals surface area contributed by atoms with Gasteiger partial charge in [-0.15, -0.1) is 0 Å². The molecule has 7 heteroatoms. The van der Waals surface area contributed by atoms with E-state index in [2.05, 4.69) is 11.8 Å². The number of methoxy groups -OCH3 is 2. The number of hydrogen-bond donors (Lipinski definition) is 0. The van der Waals surface area contributed by atoms with E-state index in [-0.39, 0.29) is 17.9 Å². The van der Waals surface area contributed by atoms with Crippen molar-refractivity contribution in [3.8, 4) is 11.5 Å². The molecule has 2 aromatic rings. The molecule has 33 heavy (non-hydrogen) atoms. The van der Waals surface area contributed by atoms with E-state index in [1.807, 2.05) is 46.2 Å². The monoisotopic (exact) mass is 449 g/mol. The van der Waals surface area contributed by atoms with Crippen molar-refractivity contribution >= 4 is 11.8 Å². The molecule has 3 aliphatic heterocycles. The fraction of sp³-hybridized carbons (Fsp3) is 0.462. The molecule has 2 amide bonds. The lowest BCUT2D eigenvalue weighted by molar-refractivity contribution is -0.136. The van der Waals surface area contributed by atoms with E-state index >= 15 is 0 Å². The average molecular weight is 450 g/mol. The van der Waals surface area contributed by atoms with Crippen molar-refractivity contribution < 1.29 is 19.1 Å². The number of rotatable bonds is 4. The van der Waals surface area contributed by atoms with Gasteiger partial charge in [0, 0.05) is 38.3 Å². The highest BCUT2D eigenvalue weighted by atomic mass is 16.5. The first-order chi connectivity index (χ1) is 16.1. The number of carbonyl (C=O) groups excluding carboxylic acids is 2. The van der Waals surface area contributed by atoms with Crippen molar-refractivity contribution in [1.82, 2.24) is 14.7 Å². The Kier molecular flexibility index (Phi) is 5.74. The topological polar surface area (TPSA) is 62.3 Å². The number of carbonyl (C=O) groups is 2. The molecule has 7 nitrogen and oxygen atoms in total. The van der Waals surface area contributed by atoms with E-state index in [9.17, 15) is 9.59 Å². The zero-order valence-electron chi connectivity index (χ0n) is 19.5. The first-order valence-electron chi connectivity index (χ1n) is 11.7. The normalized spacial score (nSPS) is 22.3. The Hall–Kier alpha value is -3.06. The van der Waals surface area contributed by atoms with Crippen LogP contribution in [-0.4, -0.2) is 80.0 Å². The standard InChI is InChI=1S/C26H31N3O4/c1-4-27-11-13-28(14-12-27)26(31)23-18-7-5-6-8-19(18)25(30)29-10-9-17-15-21(32-2)22(33-3)16-20(17)24(23)29/h5-8,15-16,23-24H,4,9-14H2,1-3H3/t23-,24-/m1/s1. The smallest absolute Gasteiger partial charge is 0.254 e. The van der Waals surface area contributed by atoms with Gasteiger partial charge in [-0.3, -0.25) is 9.59 Å². The zero-order chi connectivity index (χ0) is 23.1. The van der Waals surface area contributed by atoms with Crippen LogP contribution in [0.25, 0.3) is 0 Å². The summed E-state index contributed by atoms with van der Waals surface area (Å²) in [5.41, 5.74) is 3.56. The summed E-state index contributed by atoms with van der Waals surface area (Å²) in [6, 6.07) is 11.2. The number of hydrogen-bond acceptors (Lipinski definition) is 5. The highest BCUT2D eigenvalue weighted by molar-refractivity contribution is 6.01. The van der Waals surface area contributed by atoms with Gasteiger partial charge in [0.15, 0.2) is 11.5 Å². The van der Waals surface area contributed by atoms with Gasteiger partial charge in [-0.1, -0.05) is 25.1 Å².